The highest BCUT2D eigenvalue weighted by Gasteiger charge is 2.25. The van der Waals surface area contributed by atoms with E-state index in [1.165, 1.54) is 4.31 Å². The van der Waals surface area contributed by atoms with Crippen molar-refractivity contribution in [3.63, 3.8) is 0 Å². The van der Waals surface area contributed by atoms with Crippen molar-refractivity contribution in [2.24, 2.45) is 0 Å². The van der Waals surface area contributed by atoms with Gasteiger partial charge >= 0.3 is 0 Å². The van der Waals surface area contributed by atoms with Crippen molar-refractivity contribution in [2.75, 3.05) is 21.9 Å². The molecule has 1 fully saturated rings. The molecule has 1 aliphatic heterocycles. The van der Waals surface area contributed by atoms with Crippen molar-refractivity contribution in [3.05, 3.63) is 53.7 Å². The van der Waals surface area contributed by atoms with Crippen LogP contribution in [0.25, 0.3) is 0 Å². The van der Waals surface area contributed by atoms with Crippen molar-refractivity contribution in [1.29, 1.82) is 0 Å². The molecule has 0 radical (unpaired) electrons. The molecule has 0 unspecified atom stereocenters. The third kappa shape index (κ3) is 3.56. The Kier molecular flexibility index (Phi) is 4.53. The average molecular weight is 345 g/mol. The van der Waals surface area contributed by atoms with Gasteiger partial charge in [0.1, 0.15) is 5.82 Å². The molecule has 7 heteroatoms. The fraction of sp³-hybridized carbons (Fsp3) is 0.294. The summed E-state index contributed by atoms with van der Waals surface area (Å²) in [4.78, 5) is 16.4. The maximum absolute atomic E-state index is 12.3. The Morgan fingerprint density at radius 1 is 1.17 bits per heavy atom. The number of anilines is 2. The molecule has 0 spiro atoms. The number of benzene rings is 1. The fourth-order valence-corrected chi connectivity index (χ4v) is 4.29. The van der Waals surface area contributed by atoms with Crippen LogP contribution in [0.3, 0.4) is 0 Å². The highest BCUT2D eigenvalue weighted by atomic mass is 32.2. The molecule has 0 saturated carbocycles. The van der Waals surface area contributed by atoms with Crippen LogP contribution in [-0.4, -0.2) is 31.6 Å². The number of nitrogens with zero attached hydrogens (tertiary/aromatic N) is 2. The van der Waals surface area contributed by atoms with Crippen LogP contribution < -0.4 is 9.62 Å². The summed E-state index contributed by atoms with van der Waals surface area (Å²) in [7, 11) is -3.24. The van der Waals surface area contributed by atoms with Crippen molar-refractivity contribution in [3.8, 4) is 0 Å². The first kappa shape index (κ1) is 16.4. The molecule has 1 aliphatic rings. The van der Waals surface area contributed by atoms with E-state index in [1.807, 2.05) is 13.0 Å². The Labute approximate surface area is 141 Å². The summed E-state index contributed by atoms with van der Waals surface area (Å²) in [5.41, 5.74) is 2.06. The molecule has 1 amide bonds. The number of hydrogen-bond donors (Lipinski definition) is 1. The molecule has 0 atom stereocenters. The number of sulfonamides is 1. The highest BCUT2D eigenvalue weighted by Crippen LogP contribution is 2.24. The molecule has 3 rings (SSSR count). The summed E-state index contributed by atoms with van der Waals surface area (Å²) in [6.45, 7) is 2.41. The second kappa shape index (κ2) is 6.60. The van der Waals surface area contributed by atoms with Crippen LogP contribution in [0.1, 0.15) is 28.8 Å². The van der Waals surface area contributed by atoms with Crippen molar-refractivity contribution < 1.29 is 13.2 Å². The van der Waals surface area contributed by atoms with Gasteiger partial charge in [0.05, 0.1) is 11.4 Å². The Bertz CT molecular complexity index is 848. The van der Waals surface area contributed by atoms with Gasteiger partial charge in [0.25, 0.3) is 5.91 Å². The number of nitrogens with one attached hydrogen (secondary N) is 1. The topological polar surface area (TPSA) is 79.4 Å². The van der Waals surface area contributed by atoms with Gasteiger partial charge in [0, 0.05) is 18.3 Å². The average Bonchev–Trinajstić information content (AvgIpc) is 2.55. The number of pyridine rings is 1. The van der Waals surface area contributed by atoms with Crippen LogP contribution in [0.5, 0.6) is 0 Å². The lowest BCUT2D eigenvalue weighted by molar-refractivity contribution is 0.102. The standard InChI is InChI=1S/C17H19N3O3S/c1-13-8-9-18-16(12-13)19-17(21)14-4-6-15(7-5-14)20-10-2-3-11-24(20,22)23/h4-9,12H,2-3,10-11H2,1H3,(H,18,19,21). The summed E-state index contributed by atoms with van der Waals surface area (Å²) < 4.78 is 25.6. The Balaban J connectivity index is 1.75. The number of rotatable bonds is 3. The van der Waals surface area contributed by atoms with E-state index in [4.69, 9.17) is 0 Å². The first-order chi connectivity index (χ1) is 11.5. The maximum atomic E-state index is 12.3. The van der Waals surface area contributed by atoms with Gasteiger partial charge in [-0.15, -0.1) is 0 Å². The Morgan fingerprint density at radius 2 is 1.92 bits per heavy atom. The molecule has 0 aliphatic carbocycles. The van der Waals surface area contributed by atoms with Gasteiger partial charge in [-0.2, -0.15) is 0 Å². The van der Waals surface area contributed by atoms with Gasteiger partial charge in [-0.25, -0.2) is 13.4 Å². The van der Waals surface area contributed by atoms with E-state index in [-0.39, 0.29) is 11.7 Å². The molecular weight excluding hydrogens is 326 g/mol. The summed E-state index contributed by atoms with van der Waals surface area (Å²) in [5, 5.41) is 2.73. The zero-order valence-corrected chi connectivity index (χ0v) is 14.2. The maximum Gasteiger partial charge on any atom is 0.256 e. The lowest BCUT2D eigenvalue weighted by atomic mass is 10.2. The lowest BCUT2D eigenvalue weighted by Crippen LogP contribution is -2.37. The van der Waals surface area contributed by atoms with E-state index in [2.05, 4.69) is 10.3 Å². The van der Waals surface area contributed by atoms with Crippen molar-refractivity contribution >= 4 is 27.4 Å². The number of amides is 1. The van der Waals surface area contributed by atoms with E-state index in [1.54, 1.807) is 36.5 Å². The number of carbonyl (C=O) groups is 1. The normalized spacial score (nSPS) is 16.6. The largest absolute Gasteiger partial charge is 0.307 e. The summed E-state index contributed by atoms with van der Waals surface area (Å²) in [6.07, 6.45) is 3.18. The number of aryl methyl sites for hydroxylation is 1. The quantitative estimate of drug-likeness (QED) is 0.927. The molecule has 2 aromatic rings. The van der Waals surface area contributed by atoms with Crippen LogP contribution in [0.2, 0.25) is 0 Å². The van der Waals surface area contributed by atoms with Crippen LogP contribution in [-0.2, 0) is 10.0 Å². The van der Waals surface area contributed by atoms with Crippen LogP contribution in [0.4, 0.5) is 11.5 Å². The molecule has 0 bridgehead atoms. The van der Waals surface area contributed by atoms with Crippen molar-refractivity contribution in [1.82, 2.24) is 4.98 Å². The van der Waals surface area contributed by atoms with Gasteiger partial charge in [-0.05, 0) is 61.7 Å². The highest BCUT2D eigenvalue weighted by molar-refractivity contribution is 7.92. The van der Waals surface area contributed by atoms with Crippen LogP contribution >= 0.6 is 0 Å². The first-order valence-electron chi connectivity index (χ1n) is 7.80. The number of aromatic nitrogens is 1. The monoisotopic (exact) mass is 345 g/mol. The third-order valence-electron chi connectivity index (χ3n) is 3.92. The Morgan fingerprint density at radius 3 is 2.58 bits per heavy atom. The second-order valence-corrected chi connectivity index (χ2v) is 7.83. The van der Waals surface area contributed by atoms with E-state index in [9.17, 15) is 13.2 Å². The molecule has 1 aromatic heterocycles. The minimum absolute atomic E-state index is 0.175. The SMILES string of the molecule is Cc1ccnc(NC(=O)c2ccc(N3CCCCS3(=O)=O)cc2)c1. The molecule has 6 nitrogen and oxygen atoms in total. The Hall–Kier alpha value is -2.41. The molecule has 2 heterocycles. The van der Waals surface area contributed by atoms with Gasteiger partial charge in [0.2, 0.25) is 10.0 Å². The van der Waals surface area contributed by atoms with Crippen LogP contribution in [0, 0.1) is 6.92 Å². The summed E-state index contributed by atoms with van der Waals surface area (Å²) in [6, 6.07) is 10.2. The van der Waals surface area contributed by atoms with E-state index < -0.39 is 10.0 Å². The zero-order valence-electron chi connectivity index (χ0n) is 13.4. The molecule has 1 aromatic carbocycles. The second-order valence-electron chi connectivity index (χ2n) is 5.81. The number of carbonyl (C=O) groups excluding carboxylic acids is 1. The summed E-state index contributed by atoms with van der Waals surface area (Å²) in [5.74, 6) is 0.387. The van der Waals surface area contributed by atoms with Gasteiger partial charge < -0.3 is 5.32 Å². The van der Waals surface area contributed by atoms with E-state index >= 15 is 0 Å². The molecular formula is C17H19N3O3S. The number of hydrogen-bond acceptors (Lipinski definition) is 4. The zero-order chi connectivity index (χ0) is 17.2. The van der Waals surface area contributed by atoms with Gasteiger partial charge in [-0.1, -0.05) is 0 Å². The smallest absolute Gasteiger partial charge is 0.256 e. The van der Waals surface area contributed by atoms with E-state index in [0.29, 0.717) is 30.0 Å². The first-order valence-corrected chi connectivity index (χ1v) is 9.41. The van der Waals surface area contributed by atoms with Crippen LogP contribution in [0.15, 0.2) is 42.6 Å². The lowest BCUT2D eigenvalue weighted by Gasteiger charge is -2.28. The minimum atomic E-state index is -3.24. The van der Waals surface area contributed by atoms with Gasteiger partial charge in [-0.3, -0.25) is 9.10 Å². The minimum Gasteiger partial charge on any atom is -0.307 e. The molecule has 24 heavy (non-hydrogen) atoms. The van der Waals surface area contributed by atoms with E-state index in [0.717, 1.165) is 12.0 Å². The molecule has 1 saturated heterocycles. The summed E-state index contributed by atoms with van der Waals surface area (Å²) >= 11 is 0. The predicted octanol–water partition coefficient (Wildman–Crippen LogP) is 2.57. The third-order valence-corrected chi connectivity index (χ3v) is 5.79. The fourth-order valence-electron chi connectivity index (χ4n) is 2.65. The van der Waals surface area contributed by atoms with Gasteiger partial charge in [0.15, 0.2) is 0 Å². The molecule has 126 valence electrons. The molecule has 1 N–H and O–H groups in total. The van der Waals surface area contributed by atoms with Crippen molar-refractivity contribution in [2.45, 2.75) is 19.8 Å². The predicted molar refractivity (Wildman–Crippen MR) is 93.7 cm³/mol.